The van der Waals surface area contributed by atoms with Crippen LogP contribution in [0.25, 0.3) is 0 Å². The first-order chi connectivity index (χ1) is 7.46. The van der Waals surface area contributed by atoms with E-state index in [-0.39, 0.29) is 5.75 Å². The Morgan fingerprint density at radius 1 is 1.50 bits per heavy atom. The van der Waals surface area contributed by atoms with E-state index < -0.39 is 10.0 Å². The monoisotopic (exact) mass is 243 g/mol. The smallest absolute Gasteiger partial charge is 0.213 e. The van der Waals surface area contributed by atoms with Crippen LogP contribution in [0.3, 0.4) is 0 Å². The molecule has 2 N–H and O–H groups in total. The van der Waals surface area contributed by atoms with Crippen molar-refractivity contribution in [3.8, 4) is 0 Å². The molecule has 1 aromatic rings. The summed E-state index contributed by atoms with van der Waals surface area (Å²) in [5.41, 5.74) is 1.48. The Kier molecular flexibility index (Phi) is 3.03. The lowest BCUT2D eigenvalue weighted by Crippen LogP contribution is -2.14. The summed E-state index contributed by atoms with van der Waals surface area (Å²) in [6.07, 6.45) is 6.56. The van der Waals surface area contributed by atoms with Crippen molar-refractivity contribution in [3.63, 3.8) is 0 Å². The van der Waals surface area contributed by atoms with Gasteiger partial charge >= 0.3 is 0 Å². The quantitative estimate of drug-likeness (QED) is 0.863. The molecule has 90 valence electrons. The van der Waals surface area contributed by atoms with Gasteiger partial charge in [0, 0.05) is 11.8 Å². The molecule has 1 fully saturated rings. The SMILES string of the molecule is Cc1nn(C2CCCC2)cc1CS(N)(=O)=O. The molecule has 6 heteroatoms. The van der Waals surface area contributed by atoms with Gasteiger partial charge in [0.05, 0.1) is 17.5 Å². The number of aromatic nitrogens is 2. The maximum absolute atomic E-state index is 11.0. The van der Waals surface area contributed by atoms with Crippen molar-refractivity contribution in [2.45, 2.75) is 44.4 Å². The highest BCUT2D eigenvalue weighted by atomic mass is 32.2. The summed E-state index contributed by atoms with van der Waals surface area (Å²) >= 11 is 0. The Labute approximate surface area is 95.7 Å². The highest BCUT2D eigenvalue weighted by Gasteiger charge is 2.20. The van der Waals surface area contributed by atoms with Crippen molar-refractivity contribution >= 4 is 10.0 Å². The third kappa shape index (κ3) is 2.62. The molecule has 5 nitrogen and oxygen atoms in total. The third-order valence-corrected chi connectivity index (χ3v) is 3.79. The molecule has 0 aliphatic heterocycles. The van der Waals surface area contributed by atoms with E-state index >= 15 is 0 Å². The normalized spacial score (nSPS) is 18.1. The number of aryl methyl sites for hydroxylation is 1. The largest absolute Gasteiger partial charge is 0.269 e. The fourth-order valence-electron chi connectivity index (χ4n) is 2.23. The first-order valence-electron chi connectivity index (χ1n) is 5.51. The van der Waals surface area contributed by atoms with Gasteiger partial charge in [0.1, 0.15) is 0 Å². The lowest BCUT2D eigenvalue weighted by Gasteiger charge is -2.08. The van der Waals surface area contributed by atoms with Crippen molar-refractivity contribution in [2.24, 2.45) is 5.14 Å². The Hall–Kier alpha value is -0.880. The van der Waals surface area contributed by atoms with E-state index in [0.717, 1.165) is 24.1 Å². The standard InChI is InChI=1S/C10H17N3O2S/c1-8-9(7-16(11,14)15)6-13(12-8)10-4-2-3-5-10/h6,10H,2-5,7H2,1H3,(H2,11,14,15). The molecular weight excluding hydrogens is 226 g/mol. The van der Waals surface area contributed by atoms with E-state index in [1.54, 1.807) is 0 Å². The van der Waals surface area contributed by atoms with E-state index in [1.807, 2.05) is 17.8 Å². The van der Waals surface area contributed by atoms with Crippen LogP contribution in [-0.4, -0.2) is 18.2 Å². The van der Waals surface area contributed by atoms with E-state index in [0.29, 0.717) is 6.04 Å². The van der Waals surface area contributed by atoms with Crippen LogP contribution in [0.15, 0.2) is 6.20 Å². The van der Waals surface area contributed by atoms with Crippen LogP contribution in [0, 0.1) is 6.92 Å². The van der Waals surface area contributed by atoms with Crippen LogP contribution >= 0.6 is 0 Å². The van der Waals surface area contributed by atoms with Crippen LogP contribution in [0.2, 0.25) is 0 Å². The van der Waals surface area contributed by atoms with E-state index in [1.165, 1.54) is 12.8 Å². The maximum atomic E-state index is 11.0. The number of hydrogen-bond acceptors (Lipinski definition) is 3. The Morgan fingerprint density at radius 3 is 2.69 bits per heavy atom. The lowest BCUT2D eigenvalue weighted by molar-refractivity contribution is 0.464. The van der Waals surface area contributed by atoms with Gasteiger partial charge in [-0.3, -0.25) is 4.68 Å². The second kappa shape index (κ2) is 4.18. The van der Waals surface area contributed by atoms with Gasteiger partial charge in [-0.05, 0) is 19.8 Å². The first kappa shape index (κ1) is 11.6. The van der Waals surface area contributed by atoms with Crippen LogP contribution < -0.4 is 5.14 Å². The minimum absolute atomic E-state index is 0.119. The van der Waals surface area contributed by atoms with Crippen molar-refractivity contribution in [2.75, 3.05) is 0 Å². The lowest BCUT2D eigenvalue weighted by atomic mass is 10.2. The molecule has 0 saturated heterocycles. The summed E-state index contributed by atoms with van der Waals surface area (Å²) in [7, 11) is -3.46. The van der Waals surface area contributed by atoms with E-state index in [9.17, 15) is 8.42 Å². The maximum Gasteiger partial charge on any atom is 0.213 e. The number of nitrogens with zero attached hydrogens (tertiary/aromatic N) is 2. The van der Waals surface area contributed by atoms with Gasteiger partial charge in [0.25, 0.3) is 0 Å². The summed E-state index contributed by atoms with van der Waals surface area (Å²) in [4.78, 5) is 0. The Balaban J connectivity index is 2.21. The van der Waals surface area contributed by atoms with Crippen molar-refractivity contribution in [3.05, 3.63) is 17.5 Å². The Morgan fingerprint density at radius 2 is 2.12 bits per heavy atom. The predicted molar refractivity (Wildman–Crippen MR) is 61.3 cm³/mol. The molecule has 2 rings (SSSR count). The molecular formula is C10H17N3O2S. The van der Waals surface area contributed by atoms with Crippen LogP contribution in [0.4, 0.5) is 0 Å². The molecule has 1 heterocycles. The van der Waals surface area contributed by atoms with Gasteiger partial charge in [0.15, 0.2) is 0 Å². The summed E-state index contributed by atoms with van der Waals surface area (Å²) < 4.78 is 24.0. The fourth-order valence-corrected chi connectivity index (χ4v) is 2.95. The summed E-state index contributed by atoms with van der Waals surface area (Å²) in [6.45, 7) is 1.83. The average molecular weight is 243 g/mol. The molecule has 1 saturated carbocycles. The van der Waals surface area contributed by atoms with Crippen molar-refractivity contribution < 1.29 is 8.42 Å². The van der Waals surface area contributed by atoms with Gasteiger partial charge in [-0.2, -0.15) is 5.10 Å². The molecule has 0 amide bonds. The zero-order chi connectivity index (χ0) is 11.8. The molecule has 1 aliphatic rings. The van der Waals surface area contributed by atoms with Crippen molar-refractivity contribution in [1.82, 2.24) is 9.78 Å². The van der Waals surface area contributed by atoms with Crippen LogP contribution in [-0.2, 0) is 15.8 Å². The predicted octanol–water partition coefficient (Wildman–Crippen LogP) is 1.10. The molecule has 0 aromatic carbocycles. The van der Waals surface area contributed by atoms with Crippen LogP contribution in [0.1, 0.15) is 43.0 Å². The van der Waals surface area contributed by atoms with Crippen LogP contribution in [0.5, 0.6) is 0 Å². The van der Waals surface area contributed by atoms with Gasteiger partial charge < -0.3 is 0 Å². The molecule has 0 atom stereocenters. The van der Waals surface area contributed by atoms with E-state index in [2.05, 4.69) is 5.10 Å². The summed E-state index contributed by atoms with van der Waals surface area (Å²) in [5, 5.41) is 9.41. The highest BCUT2D eigenvalue weighted by Crippen LogP contribution is 2.29. The minimum Gasteiger partial charge on any atom is -0.269 e. The molecule has 0 unspecified atom stereocenters. The number of rotatable bonds is 3. The average Bonchev–Trinajstić information content (AvgIpc) is 2.73. The number of sulfonamides is 1. The molecule has 16 heavy (non-hydrogen) atoms. The Bertz CT molecular complexity index is 472. The first-order valence-corrected chi connectivity index (χ1v) is 7.22. The number of nitrogens with two attached hydrogens (primary N) is 1. The highest BCUT2D eigenvalue weighted by molar-refractivity contribution is 7.88. The fraction of sp³-hybridized carbons (Fsp3) is 0.700. The number of hydrogen-bond donors (Lipinski definition) is 1. The zero-order valence-electron chi connectivity index (χ0n) is 9.39. The molecule has 1 aromatic heterocycles. The molecule has 1 aliphatic carbocycles. The third-order valence-electron chi connectivity index (χ3n) is 3.07. The zero-order valence-corrected chi connectivity index (χ0v) is 10.2. The molecule has 0 spiro atoms. The van der Waals surface area contributed by atoms with Gasteiger partial charge in [-0.25, -0.2) is 13.6 Å². The second-order valence-corrected chi connectivity index (χ2v) is 6.08. The molecule has 0 radical (unpaired) electrons. The van der Waals surface area contributed by atoms with E-state index in [4.69, 9.17) is 5.14 Å². The minimum atomic E-state index is -3.46. The van der Waals surface area contributed by atoms with Gasteiger partial charge in [0.2, 0.25) is 10.0 Å². The second-order valence-electron chi connectivity index (χ2n) is 4.47. The number of primary sulfonamides is 1. The topological polar surface area (TPSA) is 78.0 Å². The van der Waals surface area contributed by atoms with Gasteiger partial charge in [-0.15, -0.1) is 0 Å². The molecule has 0 bridgehead atoms. The summed E-state index contributed by atoms with van der Waals surface area (Å²) in [5.74, 6) is -0.119. The van der Waals surface area contributed by atoms with Gasteiger partial charge in [-0.1, -0.05) is 12.8 Å². The summed E-state index contributed by atoms with van der Waals surface area (Å²) in [6, 6.07) is 0.438. The van der Waals surface area contributed by atoms with Crippen molar-refractivity contribution in [1.29, 1.82) is 0 Å².